The van der Waals surface area contributed by atoms with Gasteiger partial charge in [-0.15, -0.1) is 11.3 Å². The van der Waals surface area contributed by atoms with Crippen molar-refractivity contribution in [1.82, 2.24) is 0 Å². The summed E-state index contributed by atoms with van der Waals surface area (Å²) in [6.07, 6.45) is 4.34. The first-order valence-corrected chi connectivity index (χ1v) is 11.9. The lowest BCUT2D eigenvalue weighted by atomic mass is 9.84. The normalized spacial score (nSPS) is 22.5. The minimum atomic E-state index is -0.262. The van der Waals surface area contributed by atoms with E-state index in [4.69, 9.17) is 16.3 Å². The Bertz CT molecular complexity index is 1130. The molecule has 2 unspecified atom stereocenters. The van der Waals surface area contributed by atoms with Crippen molar-refractivity contribution in [3.8, 4) is 5.75 Å². The molecule has 1 saturated carbocycles. The molecule has 3 aromatic rings. The molecule has 0 bridgehead atoms. The molecule has 0 radical (unpaired) electrons. The molecule has 2 aromatic carbocycles. The first-order chi connectivity index (χ1) is 14.1. The number of rotatable bonds is 2. The Morgan fingerprint density at radius 3 is 2.72 bits per heavy atom. The van der Waals surface area contributed by atoms with Crippen molar-refractivity contribution >= 4 is 44.6 Å². The van der Waals surface area contributed by atoms with Crippen LogP contribution in [0.3, 0.4) is 0 Å². The van der Waals surface area contributed by atoms with Gasteiger partial charge < -0.3 is 9.64 Å². The van der Waals surface area contributed by atoms with Crippen molar-refractivity contribution in [2.75, 3.05) is 4.90 Å². The number of anilines is 1. The third-order valence-electron chi connectivity index (χ3n) is 6.35. The molecule has 3 heterocycles. The first-order valence-electron chi connectivity index (χ1n) is 9.90. The fourth-order valence-electron chi connectivity index (χ4n) is 4.74. The van der Waals surface area contributed by atoms with E-state index < -0.39 is 0 Å². The average Bonchev–Trinajstić information content (AvgIpc) is 3.23. The number of fused-ring (bicyclic) bond motifs is 5. The molecular formula is C23H18BrClFNOS. The summed E-state index contributed by atoms with van der Waals surface area (Å²) >= 11 is 11.5. The zero-order valence-corrected chi connectivity index (χ0v) is 18.7. The summed E-state index contributed by atoms with van der Waals surface area (Å²) in [5.41, 5.74) is 2.85. The van der Waals surface area contributed by atoms with Crippen molar-refractivity contribution in [2.24, 2.45) is 0 Å². The molecule has 148 valence electrons. The Labute approximate surface area is 186 Å². The number of hydrogen-bond donors (Lipinski definition) is 0. The minimum absolute atomic E-state index is 0.0976. The van der Waals surface area contributed by atoms with Crippen LogP contribution >= 0.6 is 38.9 Å². The molecule has 6 heteroatoms. The van der Waals surface area contributed by atoms with Gasteiger partial charge in [0.15, 0.2) is 0 Å². The first kappa shape index (κ1) is 18.2. The van der Waals surface area contributed by atoms with Crippen LogP contribution in [-0.4, -0.2) is 0 Å². The number of halogens is 3. The summed E-state index contributed by atoms with van der Waals surface area (Å²) in [6, 6.07) is 13.7. The third-order valence-corrected chi connectivity index (χ3v) is 8.32. The SMILES string of the molecule is Fc1cc(Br)cc2c1C1Cc3cc(Cl)ccc3N1C(c1ccc(C3CCC3)s1)O2. The number of thiophene rings is 1. The lowest BCUT2D eigenvalue weighted by molar-refractivity contribution is 0.168. The van der Waals surface area contributed by atoms with Crippen LogP contribution in [0.1, 0.15) is 58.3 Å². The van der Waals surface area contributed by atoms with Crippen molar-refractivity contribution < 1.29 is 9.13 Å². The van der Waals surface area contributed by atoms with E-state index in [2.05, 4.69) is 33.0 Å². The fraction of sp³-hybridized carbons (Fsp3) is 0.304. The summed E-state index contributed by atoms with van der Waals surface area (Å²) in [4.78, 5) is 4.85. The molecule has 0 N–H and O–H groups in total. The molecule has 1 fully saturated rings. The number of nitrogens with zero attached hydrogens (tertiary/aromatic N) is 1. The van der Waals surface area contributed by atoms with Crippen LogP contribution in [0, 0.1) is 5.82 Å². The van der Waals surface area contributed by atoms with Gasteiger partial charge in [0.1, 0.15) is 11.6 Å². The summed E-state index contributed by atoms with van der Waals surface area (Å²) in [6.45, 7) is 0. The predicted molar refractivity (Wildman–Crippen MR) is 119 cm³/mol. The standard InChI is InChI=1S/C23H18BrClFNOS/c24-14-10-16(26)22-18-9-13-8-15(25)4-5-17(13)27(18)23(28-19(22)11-14)21-7-6-20(29-21)12-2-1-3-12/h4-8,10-12,18,23H,1-3,9H2. The molecule has 0 saturated heterocycles. The van der Waals surface area contributed by atoms with Crippen LogP contribution in [0.4, 0.5) is 10.1 Å². The van der Waals surface area contributed by atoms with E-state index in [0.717, 1.165) is 17.7 Å². The predicted octanol–water partition coefficient (Wildman–Crippen LogP) is 7.77. The van der Waals surface area contributed by atoms with E-state index in [1.54, 1.807) is 0 Å². The summed E-state index contributed by atoms with van der Waals surface area (Å²) in [5, 5.41) is 0.709. The molecule has 29 heavy (non-hydrogen) atoms. The minimum Gasteiger partial charge on any atom is -0.465 e. The number of benzene rings is 2. The zero-order valence-electron chi connectivity index (χ0n) is 15.5. The molecule has 1 aliphatic carbocycles. The molecule has 2 atom stereocenters. The molecular weight excluding hydrogens is 473 g/mol. The molecule has 6 rings (SSSR count). The van der Waals surface area contributed by atoms with Crippen LogP contribution in [0.25, 0.3) is 0 Å². The lowest BCUT2D eigenvalue weighted by Crippen LogP contribution is -2.37. The number of ether oxygens (including phenoxy) is 1. The van der Waals surface area contributed by atoms with Crippen LogP contribution in [0.2, 0.25) is 5.02 Å². The maximum absolute atomic E-state index is 15.0. The van der Waals surface area contributed by atoms with Crippen LogP contribution in [-0.2, 0) is 6.42 Å². The highest BCUT2D eigenvalue weighted by Crippen LogP contribution is 2.54. The van der Waals surface area contributed by atoms with Crippen molar-refractivity contribution in [1.29, 1.82) is 0 Å². The van der Waals surface area contributed by atoms with Gasteiger partial charge in [0.05, 0.1) is 16.5 Å². The second kappa shape index (κ2) is 6.73. The van der Waals surface area contributed by atoms with E-state index >= 15 is 4.39 Å². The van der Waals surface area contributed by atoms with Crippen molar-refractivity contribution in [3.63, 3.8) is 0 Å². The highest BCUT2D eigenvalue weighted by Gasteiger charge is 2.44. The van der Waals surface area contributed by atoms with Gasteiger partial charge in [0, 0.05) is 20.1 Å². The Morgan fingerprint density at radius 1 is 1.10 bits per heavy atom. The van der Waals surface area contributed by atoms with Crippen LogP contribution in [0.15, 0.2) is 46.9 Å². The topological polar surface area (TPSA) is 12.5 Å². The van der Waals surface area contributed by atoms with Gasteiger partial charge in [-0.1, -0.05) is 34.0 Å². The molecule has 3 aliphatic rings. The molecule has 0 amide bonds. The second-order valence-corrected chi connectivity index (χ2v) is 10.5. The Balaban J connectivity index is 1.49. The van der Waals surface area contributed by atoms with Crippen molar-refractivity contribution in [3.05, 3.63) is 78.7 Å². The average molecular weight is 491 g/mol. The van der Waals surface area contributed by atoms with Crippen molar-refractivity contribution in [2.45, 2.75) is 43.9 Å². The summed E-state index contributed by atoms with van der Waals surface area (Å²) in [7, 11) is 0. The molecule has 2 aliphatic heterocycles. The van der Waals surface area contributed by atoms with E-state index in [1.165, 1.54) is 35.1 Å². The highest BCUT2D eigenvalue weighted by atomic mass is 79.9. The Morgan fingerprint density at radius 2 is 1.93 bits per heavy atom. The maximum Gasteiger partial charge on any atom is 0.208 e. The largest absolute Gasteiger partial charge is 0.465 e. The lowest BCUT2D eigenvalue weighted by Gasteiger charge is -2.40. The molecule has 1 aromatic heterocycles. The van der Waals surface area contributed by atoms with Crippen LogP contribution in [0.5, 0.6) is 5.75 Å². The smallest absolute Gasteiger partial charge is 0.208 e. The second-order valence-electron chi connectivity index (χ2n) is 8.04. The third kappa shape index (κ3) is 2.85. The van der Waals surface area contributed by atoms with E-state index in [1.807, 2.05) is 35.6 Å². The van der Waals surface area contributed by atoms with E-state index in [0.29, 0.717) is 26.7 Å². The molecule has 0 spiro atoms. The fourth-order valence-corrected chi connectivity index (χ4v) is 6.56. The van der Waals surface area contributed by atoms with Gasteiger partial charge >= 0.3 is 0 Å². The van der Waals surface area contributed by atoms with Gasteiger partial charge in [-0.25, -0.2) is 4.39 Å². The quantitative estimate of drug-likeness (QED) is 0.364. The summed E-state index contributed by atoms with van der Waals surface area (Å²) < 4.78 is 22.2. The summed E-state index contributed by atoms with van der Waals surface area (Å²) in [5.74, 6) is 1.08. The van der Waals surface area contributed by atoms with Crippen LogP contribution < -0.4 is 9.64 Å². The van der Waals surface area contributed by atoms with Gasteiger partial charge in [0.25, 0.3) is 0 Å². The van der Waals surface area contributed by atoms with Gasteiger partial charge in [0.2, 0.25) is 6.23 Å². The zero-order chi connectivity index (χ0) is 19.7. The highest BCUT2D eigenvalue weighted by molar-refractivity contribution is 9.10. The van der Waals surface area contributed by atoms with E-state index in [-0.39, 0.29) is 18.1 Å². The van der Waals surface area contributed by atoms with Gasteiger partial charge in [-0.3, -0.25) is 0 Å². The van der Waals surface area contributed by atoms with Gasteiger partial charge in [-0.2, -0.15) is 0 Å². The van der Waals surface area contributed by atoms with Gasteiger partial charge in [-0.05, 0) is 73.2 Å². The Hall–Kier alpha value is -1.56. The molecule has 2 nitrogen and oxygen atoms in total. The number of hydrogen-bond acceptors (Lipinski definition) is 3. The monoisotopic (exact) mass is 489 g/mol. The maximum atomic E-state index is 15.0. The Kier molecular flexibility index (Phi) is 4.23. The van der Waals surface area contributed by atoms with E-state index in [9.17, 15) is 0 Å².